The van der Waals surface area contributed by atoms with Crippen molar-refractivity contribution in [3.05, 3.63) is 58.9 Å². The van der Waals surface area contributed by atoms with E-state index in [0.29, 0.717) is 6.07 Å². The van der Waals surface area contributed by atoms with Crippen molar-refractivity contribution < 1.29 is 36.7 Å². The Balaban J connectivity index is 2.32. The van der Waals surface area contributed by atoms with Crippen LogP contribution in [-0.2, 0) is 11.3 Å². The molecule has 0 bridgehead atoms. The van der Waals surface area contributed by atoms with E-state index in [2.05, 4.69) is 10.2 Å². The topological polar surface area (TPSA) is 70.6 Å². The summed E-state index contributed by atoms with van der Waals surface area (Å²) in [7, 11) is 0. The molecule has 0 heterocycles. The first-order valence-electron chi connectivity index (χ1n) is 7.68. The van der Waals surface area contributed by atoms with Crippen molar-refractivity contribution in [3.8, 4) is 0 Å². The van der Waals surface area contributed by atoms with E-state index < -0.39 is 47.5 Å². The Morgan fingerprint density at radius 2 is 1.85 bits per heavy atom. The van der Waals surface area contributed by atoms with Crippen molar-refractivity contribution in [1.82, 2.24) is 5.48 Å². The van der Waals surface area contributed by atoms with Gasteiger partial charge in [-0.2, -0.15) is 0 Å². The van der Waals surface area contributed by atoms with Gasteiger partial charge in [-0.1, -0.05) is 6.07 Å². The van der Waals surface area contributed by atoms with Gasteiger partial charge in [0, 0.05) is 6.42 Å². The van der Waals surface area contributed by atoms with Crippen molar-refractivity contribution in [3.63, 3.8) is 0 Å². The number of benzene rings is 2. The molecule has 146 valence electrons. The second kappa shape index (κ2) is 9.28. The molecule has 0 unspecified atom stereocenters. The molecule has 3 N–H and O–H groups in total. The molecule has 1 amide bonds. The van der Waals surface area contributed by atoms with Crippen molar-refractivity contribution in [2.75, 3.05) is 18.5 Å². The Morgan fingerprint density at radius 3 is 2.48 bits per heavy atom. The van der Waals surface area contributed by atoms with Gasteiger partial charge >= 0.3 is 0 Å². The summed E-state index contributed by atoms with van der Waals surface area (Å²) in [5, 5.41) is 10.9. The van der Waals surface area contributed by atoms with Gasteiger partial charge in [0.15, 0.2) is 11.6 Å². The molecule has 2 aromatic carbocycles. The fourth-order valence-corrected chi connectivity index (χ4v) is 2.18. The van der Waals surface area contributed by atoms with E-state index in [9.17, 15) is 26.7 Å². The van der Waals surface area contributed by atoms with Gasteiger partial charge in [0.05, 0.1) is 30.2 Å². The second-order valence-corrected chi connectivity index (χ2v) is 5.32. The van der Waals surface area contributed by atoms with E-state index >= 15 is 0 Å². The first kappa shape index (κ1) is 20.6. The number of carbonyl (C=O) groups excluding carboxylic acids is 1. The van der Waals surface area contributed by atoms with Gasteiger partial charge < -0.3 is 10.4 Å². The van der Waals surface area contributed by atoms with Crippen LogP contribution in [0.15, 0.2) is 30.3 Å². The van der Waals surface area contributed by atoms with Crippen LogP contribution in [0.5, 0.6) is 0 Å². The van der Waals surface area contributed by atoms with Crippen molar-refractivity contribution in [1.29, 1.82) is 0 Å². The normalized spacial score (nSPS) is 10.9. The molecule has 0 saturated carbocycles. The van der Waals surface area contributed by atoms with Crippen LogP contribution >= 0.6 is 0 Å². The number of amides is 1. The molecule has 0 aromatic heterocycles. The molecule has 0 atom stereocenters. The molecule has 0 spiro atoms. The van der Waals surface area contributed by atoms with Crippen LogP contribution in [0.25, 0.3) is 0 Å². The standard InChI is InChI=1S/C17H15F5N2O3/c18-11-3-2-10(17(26)24-27-6-5-25)16(15(11)22)23-13-4-1-9(7-12(13)19)8-14(20)21/h1-4,7,14,23,25H,5-6,8H2,(H,24,26). The van der Waals surface area contributed by atoms with E-state index in [1.165, 1.54) is 6.07 Å². The monoisotopic (exact) mass is 390 g/mol. The zero-order valence-electron chi connectivity index (χ0n) is 13.7. The SMILES string of the molecule is O=C(NOCCO)c1ccc(F)c(F)c1Nc1ccc(CC(F)F)cc1F. The quantitative estimate of drug-likeness (QED) is 0.368. The summed E-state index contributed by atoms with van der Waals surface area (Å²) in [6.07, 6.45) is -3.33. The fourth-order valence-electron chi connectivity index (χ4n) is 2.18. The lowest BCUT2D eigenvalue weighted by molar-refractivity contribution is 0.0168. The van der Waals surface area contributed by atoms with Gasteiger partial charge in [-0.25, -0.2) is 27.4 Å². The molecule has 0 fully saturated rings. The van der Waals surface area contributed by atoms with Crippen molar-refractivity contribution in [2.45, 2.75) is 12.8 Å². The Labute approximate surface area is 150 Å². The molecular weight excluding hydrogens is 375 g/mol. The molecule has 0 aliphatic heterocycles. The molecule has 0 aliphatic rings. The van der Waals surface area contributed by atoms with E-state index in [1.807, 2.05) is 5.48 Å². The molecule has 2 aromatic rings. The maximum atomic E-state index is 14.2. The maximum absolute atomic E-state index is 14.2. The van der Waals surface area contributed by atoms with Crippen LogP contribution in [0.1, 0.15) is 15.9 Å². The zero-order valence-corrected chi connectivity index (χ0v) is 13.7. The summed E-state index contributed by atoms with van der Waals surface area (Å²) in [5.41, 5.74) is 0.519. The Hall–Kier alpha value is -2.72. The number of hydrogen-bond donors (Lipinski definition) is 3. The third-order valence-corrected chi connectivity index (χ3v) is 3.38. The van der Waals surface area contributed by atoms with Gasteiger partial charge in [-0.3, -0.25) is 9.63 Å². The van der Waals surface area contributed by atoms with Crippen molar-refractivity contribution in [2.24, 2.45) is 0 Å². The van der Waals surface area contributed by atoms with Gasteiger partial charge in [0.25, 0.3) is 5.91 Å². The highest BCUT2D eigenvalue weighted by molar-refractivity contribution is 5.99. The minimum absolute atomic E-state index is 0.0168. The highest BCUT2D eigenvalue weighted by Crippen LogP contribution is 2.28. The van der Waals surface area contributed by atoms with Crippen LogP contribution in [0, 0.1) is 17.5 Å². The third kappa shape index (κ3) is 5.38. The maximum Gasteiger partial charge on any atom is 0.277 e. The average Bonchev–Trinajstić information content (AvgIpc) is 2.60. The number of alkyl halides is 2. The van der Waals surface area contributed by atoms with Gasteiger partial charge in [-0.15, -0.1) is 0 Å². The molecule has 0 aliphatic carbocycles. The summed E-state index contributed by atoms with van der Waals surface area (Å²) in [5.74, 6) is -4.69. The number of nitrogens with one attached hydrogen (secondary N) is 2. The molecule has 10 heteroatoms. The predicted octanol–water partition coefficient (Wildman–Crippen LogP) is 3.31. The number of aliphatic hydroxyl groups excluding tert-OH is 1. The summed E-state index contributed by atoms with van der Waals surface area (Å²) in [6.45, 7) is -0.627. The minimum atomic E-state index is -2.67. The second-order valence-electron chi connectivity index (χ2n) is 5.32. The number of hydroxylamine groups is 1. The summed E-state index contributed by atoms with van der Waals surface area (Å²) < 4.78 is 66.6. The van der Waals surface area contributed by atoms with E-state index in [-0.39, 0.29) is 24.5 Å². The molecule has 0 radical (unpaired) electrons. The molecule has 0 saturated heterocycles. The number of anilines is 2. The highest BCUT2D eigenvalue weighted by Gasteiger charge is 2.20. The number of rotatable bonds is 8. The number of aliphatic hydroxyl groups is 1. The summed E-state index contributed by atoms with van der Waals surface area (Å²) in [4.78, 5) is 16.6. The Morgan fingerprint density at radius 1 is 1.11 bits per heavy atom. The molecular formula is C17H15F5N2O3. The van der Waals surface area contributed by atoms with E-state index in [4.69, 9.17) is 5.11 Å². The number of halogens is 5. The lowest BCUT2D eigenvalue weighted by Gasteiger charge is -2.14. The smallest absolute Gasteiger partial charge is 0.277 e. The van der Waals surface area contributed by atoms with Gasteiger partial charge in [0.1, 0.15) is 5.82 Å². The van der Waals surface area contributed by atoms with E-state index in [1.54, 1.807) is 0 Å². The van der Waals surface area contributed by atoms with Crippen LogP contribution in [0.3, 0.4) is 0 Å². The predicted molar refractivity (Wildman–Crippen MR) is 86.3 cm³/mol. The van der Waals surface area contributed by atoms with Crippen LogP contribution in [0.4, 0.5) is 33.3 Å². The minimum Gasteiger partial charge on any atom is -0.394 e. The fraction of sp³-hybridized carbons (Fsp3) is 0.235. The number of hydrogen-bond acceptors (Lipinski definition) is 4. The summed E-state index contributed by atoms with van der Waals surface area (Å²) >= 11 is 0. The van der Waals surface area contributed by atoms with Crippen molar-refractivity contribution >= 4 is 17.3 Å². The van der Waals surface area contributed by atoms with Crippen LogP contribution in [0.2, 0.25) is 0 Å². The lowest BCUT2D eigenvalue weighted by atomic mass is 10.1. The molecule has 2 rings (SSSR count). The first-order chi connectivity index (χ1) is 12.8. The molecule has 27 heavy (non-hydrogen) atoms. The van der Waals surface area contributed by atoms with Crippen LogP contribution < -0.4 is 10.8 Å². The molecule has 5 nitrogen and oxygen atoms in total. The Bertz CT molecular complexity index is 817. The van der Waals surface area contributed by atoms with Crippen LogP contribution in [-0.4, -0.2) is 30.7 Å². The van der Waals surface area contributed by atoms with Gasteiger partial charge in [-0.05, 0) is 29.8 Å². The average molecular weight is 390 g/mol. The summed E-state index contributed by atoms with van der Waals surface area (Å²) in [6, 6.07) is 4.74. The number of carbonyl (C=O) groups is 1. The Kier molecular flexibility index (Phi) is 7.08. The first-order valence-corrected chi connectivity index (χ1v) is 7.68. The zero-order chi connectivity index (χ0) is 20.0. The van der Waals surface area contributed by atoms with Gasteiger partial charge in [0.2, 0.25) is 6.43 Å². The lowest BCUT2D eigenvalue weighted by Crippen LogP contribution is -2.26. The third-order valence-electron chi connectivity index (χ3n) is 3.38. The largest absolute Gasteiger partial charge is 0.394 e. The highest BCUT2D eigenvalue weighted by atomic mass is 19.3. The van der Waals surface area contributed by atoms with E-state index in [0.717, 1.165) is 18.2 Å².